The van der Waals surface area contributed by atoms with Crippen LogP contribution in [0.15, 0.2) is 24.3 Å². The van der Waals surface area contributed by atoms with E-state index in [1.54, 1.807) is 7.11 Å². The summed E-state index contributed by atoms with van der Waals surface area (Å²) in [5, 5.41) is 0. The van der Waals surface area contributed by atoms with Gasteiger partial charge in [-0.1, -0.05) is 18.2 Å². The number of piperidine rings is 3. The number of alkyl halides is 1. The van der Waals surface area contributed by atoms with Crippen molar-refractivity contribution in [3.8, 4) is 5.75 Å². The zero-order valence-corrected chi connectivity index (χ0v) is 14.0. The smallest absolute Gasteiger partial charge is 0.122 e. The summed E-state index contributed by atoms with van der Waals surface area (Å²) in [6.07, 6.45) is 3.28. The van der Waals surface area contributed by atoms with E-state index >= 15 is 0 Å². The summed E-state index contributed by atoms with van der Waals surface area (Å²) in [7, 11) is 1.76. The SMILES string of the molecule is COc1ccccc1[C@@H]1CN(CCCF)[C@@H]2C3CCN(CC3)[C@@H]21. The quantitative estimate of drug-likeness (QED) is 0.830. The molecule has 0 unspecified atom stereocenters. The van der Waals surface area contributed by atoms with Crippen molar-refractivity contribution in [2.24, 2.45) is 5.92 Å². The lowest BCUT2D eigenvalue weighted by Gasteiger charge is -2.51. The molecular formula is C19H27FN2O. The number of hydrogen-bond donors (Lipinski definition) is 0. The predicted octanol–water partition coefficient (Wildman–Crippen LogP) is 2.92. The lowest BCUT2D eigenvalue weighted by Crippen LogP contribution is -2.60. The van der Waals surface area contributed by atoms with Crippen LogP contribution < -0.4 is 4.74 Å². The molecule has 3 nitrogen and oxygen atoms in total. The largest absolute Gasteiger partial charge is 0.496 e. The monoisotopic (exact) mass is 318 g/mol. The highest BCUT2D eigenvalue weighted by molar-refractivity contribution is 5.39. The summed E-state index contributed by atoms with van der Waals surface area (Å²) in [5.74, 6) is 2.29. The molecule has 0 saturated carbocycles. The van der Waals surface area contributed by atoms with E-state index in [1.165, 1.54) is 31.5 Å². The number of ether oxygens (including phenoxy) is 1. The number of benzene rings is 1. The summed E-state index contributed by atoms with van der Waals surface area (Å²) in [4.78, 5) is 5.27. The van der Waals surface area contributed by atoms with E-state index in [4.69, 9.17) is 4.74 Å². The Labute approximate surface area is 138 Å². The van der Waals surface area contributed by atoms with Crippen molar-refractivity contribution in [3.63, 3.8) is 0 Å². The van der Waals surface area contributed by atoms with E-state index in [0.29, 0.717) is 24.4 Å². The average molecular weight is 318 g/mol. The molecule has 4 heteroatoms. The number of hydrogen-bond acceptors (Lipinski definition) is 3. The van der Waals surface area contributed by atoms with Crippen LogP contribution in [0.4, 0.5) is 4.39 Å². The summed E-state index contributed by atoms with van der Waals surface area (Å²) in [5.41, 5.74) is 1.33. The molecule has 4 heterocycles. The molecule has 5 rings (SSSR count). The summed E-state index contributed by atoms with van der Waals surface area (Å²) >= 11 is 0. The molecule has 4 saturated heterocycles. The minimum Gasteiger partial charge on any atom is -0.496 e. The van der Waals surface area contributed by atoms with E-state index in [9.17, 15) is 4.39 Å². The van der Waals surface area contributed by atoms with Crippen LogP contribution in [-0.2, 0) is 0 Å². The minimum atomic E-state index is -0.207. The highest BCUT2D eigenvalue weighted by Gasteiger charge is 2.53. The number of rotatable bonds is 5. The Morgan fingerprint density at radius 3 is 2.70 bits per heavy atom. The van der Waals surface area contributed by atoms with Crippen molar-refractivity contribution in [2.45, 2.75) is 37.3 Å². The molecular weight excluding hydrogens is 291 g/mol. The van der Waals surface area contributed by atoms with Gasteiger partial charge in [-0.05, 0) is 44.3 Å². The fraction of sp³-hybridized carbons (Fsp3) is 0.684. The van der Waals surface area contributed by atoms with Crippen molar-refractivity contribution >= 4 is 0 Å². The van der Waals surface area contributed by atoms with E-state index in [1.807, 2.05) is 6.07 Å². The van der Waals surface area contributed by atoms with Crippen LogP contribution in [0.25, 0.3) is 0 Å². The first-order valence-corrected chi connectivity index (χ1v) is 9.00. The number of likely N-dealkylation sites (tertiary alicyclic amines) is 1. The Morgan fingerprint density at radius 1 is 1.17 bits per heavy atom. The van der Waals surface area contributed by atoms with Gasteiger partial charge in [-0.25, -0.2) is 0 Å². The van der Waals surface area contributed by atoms with Gasteiger partial charge in [0.2, 0.25) is 0 Å². The predicted molar refractivity (Wildman–Crippen MR) is 89.8 cm³/mol. The van der Waals surface area contributed by atoms with Crippen LogP contribution in [-0.4, -0.2) is 61.8 Å². The van der Waals surface area contributed by atoms with E-state index in [0.717, 1.165) is 24.8 Å². The summed E-state index contributed by atoms with van der Waals surface area (Å²) < 4.78 is 18.4. The zero-order valence-electron chi connectivity index (χ0n) is 14.0. The van der Waals surface area contributed by atoms with Gasteiger partial charge in [0.25, 0.3) is 0 Å². The van der Waals surface area contributed by atoms with Gasteiger partial charge in [-0.2, -0.15) is 0 Å². The van der Waals surface area contributed by atoms with Crippen LogP contribution in [0.5, 0.6) is 5.75 Å². The van der Waals surface area contributed by atoms with Crippen LogP contribution in [0.3, 0.4) is 0 Å². The van der Waals surface area contributed by atoms with Gasteiger partial charge in [0.05, 0.1) is 13.8 Å². The van der Waals surface area contributed by atoms with E-state index < -0.39 is 0 Å². The Kier molecular flexibility index (Phi) is 4.29. The molecule has 1 aromatic carbocycles. The molecule has 1 aromatic rings. The molecule has 0 N–H and O–H groups in total. The van der Waals surface area contributed by atoms with Gasteiger partial charge < -0.3 is 4.74 Å². The van der Waals surface area contributed by atoms with Gasteiger partial charge in [0.1, 0.15) is 5.75 Å². The van der Waals surface area contributed by atoms with Gasteiger partial charge in [-0.3, -0.25) is 14.2 Å². The second-order valence-electron chi connectivity index (χ2n) is 7.24. The van der Waals surface area contributed by atoms with Crippen LogP contribution >= 0.6 is 0 Å². The molecule has 3 atom stereocenters. The molecule has 0 spiro atoms. The third kappa shape index (κ3) is 2.56. The fourth-order valence-electron chi connectivity index (χ4n) is 5.30. The number of halogens is 1. The number of nitrogens with zero attached hydrogens (tertiary/aromatic N) is 2. The summed E-state index contributed by atoms with van der Waals surface area (Å²) in [6, 6.07) is 9.65. The third-order valence-corrected chi connectivity index (χ3v) is 6.21. The maximum absolute atomic E-state index is 12.7. The first kappa shape index (κ1) is 15.4. The molecule has 4 aliphatic heterocycles. The van der Waals surface area contributed by atoms with Crippen molar-refractivity contribution in [1.82, 2.24) is 9.80 Å². The Balaban J connectivity index is 1.67. The first-order chi connectivity index (χ1) is 11.3. The normalized spacial score (nSPS) is 36.2. The molecule has 2 bridgehead atoms. The average Bonchev–Trinajstić information content (AvgIpc) is 3.02. The zero-order chi connectivity index (χ0) is 15.8. The highest BCUT2D eigenvalue weighted by atomic mass is 19.1. The van der Waals surface area contributed by atoms with Crippen molar-refractivity contribution in [2.75, 3.05) is 40.0 Å². The van der Waals surface area contributed by atoms with E-state index in [-0.39, 0.29) is 6.67 Å². The lowest BCUT2D eigenvalue weighted by molar-refractivity contribution is -0.00713. The van der Waals surface area contributed by atoms with Crippen LogP contribution in [0, 0.1) is 5.92 Å². The molecule has 0 amide bonds. The van der Waals surface area contributed by atoms with Gasteiger partial charge in [0.15, 0.2) is 0 Å². The van der Waals surface area contributed by atoms with Crippen molar-refractivity contribution in [3.05, 3.63) is 29.8 Å². The molecule has 23 heavy (non-hydrogen) atoms. The van der Waals surface area contributed by atoms with E-state index in [2.05, 4.69) is 28.0 Å². The molecule has 4 fully saturated rings. The first-order valence-electron chi connectivity index (χ1n) is 9.00. The maximum atomic E-state index is 12.7. The topological polar surface area (TPSA) is 15.7 Å². The van der Waals surface area contributed by atoms with Crippen molar-refractivity contribution < 1.29 is 9.13 Å². The fourth-order valence-corrected chi connectivity index (χ4v) is 5.30. The Hall–Kier alpha value is -1.13. The molecule has 0 aromatic heterocycles. The van der Waals surface area contributed by atoms with Gasteiger partial charge in [-0.15, -0.1) is 0 Å². The van der Waals surface area contributed by atoms with Crippen LogP contribution in [0.2, 0.25) is 0 Å². The second-order valence-corrected chi connectivity index (χ2v) is 7.24. The minimum absolute atomic E-state index is 0.207. The number of fused-ring (bicyclic) bond motifs is 2. The lowest BCUT2D eigenvalue weighted by atomic mass is 9.75. The molecule has 4 aliphatic rings. The van der Waals surface area contributed by atoms with Gasteiger partial charge in [0, 0.05) is 36.7 Å². The number of para-hydroxylation sites is 1. The second kappa shape index (κ2) is 6.40. The third-order valence-electron chi connectivity index (χ3n) is 6.21. The molecule has 0 aliphatic carbocycles. The van der Waals surface area contributed by atoms with Crippen LogP contribution in [0.1, 0.15) is 30.7 Å². The van der Waals surface area contributed by atoms with Gasteiger partial charge >= 0.3 is 0 Å². The highest BCUT2D eigenvalue weighted by Crippen LogP contribution is 2.47. The maximum Gasteiger partial charge on any atom is 0.122 e. The molecule has 0 radical (unpaired) electrons. The number of methoxy groups -OCH3 is 1. The summed E-state index contributed by atoms with van der Waals surface area (Å²) in [6.45, 7) is 4.20. The van der Waals surface area contributed by atoms with Crippen molar-refractivity contribution in [1.29, 1.82) is 0 Å². The standard InChI is InChI=1S/C19H27FN2O/c1-23-17-6-3-2-5-15(17)16-13-22(10-4-9-20)18-14-7-11-21(12-8-14)19(16)18/h2-3,5-6,14,16,18-19H,4,7-13H2,1H3/t16-,18+,19+/m0/s1. The Bertz CT molecular complexity index is 544. The Morgan fingerprint density at radius 2 is 1.96 bits per heavy atom. The molecule has 126 valence electrons.